The molecule has 0 heterocycles. The Morgan fingerprint density at radius 3 is 1.54 bits per heavy atom. The van der Waals surface area contributed by atoms with Gasteiger partial charge in [-0.2, -0.15) is 11.1 Å². The summed E-state index contributed by atoms with van der Waals surface area (Å²) in [6, 6.07) is 6.00. The number of allylic oxidation sites excluding steroid dienone is 4. The van der Waals surface area contributed by atoms with Crippen molar-refractivity contribution in [2.45, 2.75) is 74.1 Å². The van der Waals surface area contributed by atoms with Gasteiger partial charge in [-0.05, 0) is 23.0 Å². The zero-order chi connectivity index (χ0) is 17.9. The standard InChI is InChI=1S/C12H18O.C10H15.Ti/c1-8(2)10-6-5-7-11(9(3)4)12(10)13;1-7-6-10(4,5)9(3)8(7)2;/h5-9,13H,1-4H3;1-5H3;/q;-1;. The van der Waals surface area contributed by atoms with E-state index in [1.807, 2.05) is 18.2 Å². The second-order valence-corrected chi connectivity index (χ2v) is 7.72. The van der Waals surface area contributed by atoms with Gasteiger partial charge in [0.05, 0.1) is 0 Å². The van der Waals surface area contributed by atoms with Crippen LogP contribution >= 0.6 is 0 Å². The van der Waals surface area contributed by atoms with Crippen molar-refractivity contribution in [2.75, 3.05) is 0 Å². The molecule has 1 aliphatic rings. The van der Waals surface area contributed by atoms with Gasteiger partial charge in [-0.15, -0.1) is 6.92 Å². The number of para-hydroxylation sites is 1. The molecule has 2 heteroatoms. The molecule has 1 aromatic carbocycles. The Morgan fingerprint density at radius 2 is 1.33 bits per heavy atom. The van der Waals surface area contributed by atoms with Crippen molar-refractivity contribution >= 4 is 0 Å². The fraction of sp³-hybridized carbons (Fsp3) is 0.545. The Hall–Kier alpha value is -0.786. The molecule has 0 atom stereocenters. The largest absolute Gasteiger partial charge is 0.507 e. The molecule has 0 saturated carbocycles. The average Bonchev–Trinajstić information content (AvgIpc) is 2.61. The number of phenolic OH excluding ortho intramolecular Hbond substituents is 1. The van der Waals surface area contributed by atoms with Crippen LogP contribution in [0.15, 0.2) is 34.9 Å². The van der Waals surface area contributed by atoms with Gasteiger partial charge in [0, 0.05) is 21.7 Å². The Balaban J connectivity index is 0.000000436. The first-order valence-corrected chi connectivity index (χ1v) is 8.60. The molecule has 132 valence electrons. The fourth-order valence-corrected chi connectivity index (χ4v) is 2.92. The number of benzene rings is 1. The molecule has 2 rings (SSSR count). The molecule has 1 aliphatic carbocycles. The van der Waals surface area contributed by atoms with Gasteiger partial charge in [0.25, 0.3) is 0 Å². The first-order chi connectivity index (χ1) is 10.5. The van der Waals surface area contributed by atoms with Crippen molar-refractivity contribution < 1.29 is 26.8 Å². The van der Waals surface area contributed by atoms with Gasteiger partial charge in [0.2, 0.25) is 0 Å². The summed E-state index contributed by atoms with van der Waals surface area (Å²) >= 11 is 0. The number of phenols is 1. The van der Waals surface area contributed by atoms with Crippen LogP contribution < -0.4 is 0 Å². The van der Waals surface area contributed by atoms with E-state index in [0.717, 1.165) is 11.1 Å². The smallest absolute Gasteiger partial charge is 0.122 e. The number of aromatic hydroxyl groups is 1. The molecule has 1 nitrogen and oxygen atoms in total. The number of hydrogen-bond donors (Lipinski definition) is 1. The molecule has 0 spiro atoms. The molecule has 1 N–H and O–H groups in total. The van der Waals surface area contributed by atoms with Crippen molar-refractivity contribution in [3.05, 3.63) is 52.1 Å². The van der Waals surface area contributed by atoms with Crippen LogP contribution in [0, 0.1) is 11.5 Å². The quantitative estimate of drug-likeness (QED) is 0.456. The monoisotopic (exact) mass is 361 g/mol. The molecule has 0 radical (unpaired) electrons. The summed E-state index contributed by atoms with van der Waals surface area (Å²) in [6.07, 6.45) is 3.44. The molecular formula is C22H33OTi-. The van der Waals surface area contributed by atoms with Crippen molar-refractivity contribution in [1.82, 2.24) is 0 Å². The molecule has 0 aromatic heterocycles. The zero-order valence-electron chi connectivity index (χ0n) is 16.8. The maximum absolute atomic E-state index is 9.93. The molecule has 0 bridgehead atoms. The number of hydrogen-bond acceptors (Lipinski definition) is 1. The minimum Gasteiger partial charge on any atom is -0.507 e. The minimum atomic E-state index is 0. The van der Waals surface area contributed by atoms with E-state index < -0.39 is 0 Å². The normalized spacial score (nSPS) is 15.9. The summed E-state index contributed by atoms with van der Waals surface area (Å²) in [5, 5.41) is 9.93. The summed E-state index contributed by atoms with van der Waals surface area (Å²) in [4.78, 5) is 0. The van der Waals surface area contributed by atoms with Crippen molar-refractivity contribution in [3.63, 3.8) is 0 Å². The van der Waals surface area contributed by atoms with Gasteiger partial charge in [0.15, 0.2) is 0 Å². The van der Waals surface area contributed by atoms with Crippen molar-refractivity contribution in [2.24, 2.45) is 5.41 Å². The topological polar surface area (TPSA) is 20.2 Å². The van der Waals surface area contributed by atoms with E-state index in [-0.39, 0.29) is 27.1 Å². The van der Waals surface area contributed by atoms with Gasteiger partial charge in [-0.3, -0.25) is 6.08 Å². The first kappa shape index (κ1) is 23.2. The third-order valence-corrected chi connectivity index (χ3v) is 4.90. The summed E-state index contributed by atoms with van der Waals surface area (Å²) in [6.45, 7) is 19.3. The van der Waals surface area contributed by atoms with Gasteiger partial charge in [-0.1, -0.05) is 79.0 Å². The van der Waals surface area contributed by atoms with Crippen LogP contribution in [-0.4, -0.2) is 5.11 Å². The molecule has 24 heavy (non-hydrogen) atoms. The van der Waals surface area contributed by atoms with Gasteiger partial charge in [-0.25, -0.2) is 5.57 Å². The van der Waals surface area contributed by atoms with Crippen LogP contribution in [0.5, 0.6) is 5.75 Å². The van der Waals surface area contributed by atoms with Gasteiger partial charge in [0.1, 0.15) is 5.75 Å². The summed E-state index contributed by atoms with van der Waals surface area (Å²) in [5.74, 6) is 1.25. The van der Waals surface area contributed by atoms with Gasteiger partial charge < -0.3 is 5.11 Å². The third-order valence-electron chi connectivity index (χ3n) is 4.90. The molecule has 1 aromatic rings. The third kappa shape index (κ3) is 5.36. The molecule has 0 saturated heterocycles. The van der Waals surface area contributed by atoms with Crippen LogP contribution in [0.2, 0.25) is 0 Å². The second-order valence-electron chi connectivity index (χ2n) is 7.72. The molecule has 0 amide bonds. The Labute approximate surface area is 164 Å². The van der Waals surface area contributed by atoms with Crippen LogP contribution in [-0.2, 0) is 21.7 Å². The van der Waals surface area contributed by atoms with E-state index in [1.165, 1.54) is 16.7 Å². The maximum Gasteiger partial charge on any atom is 0.122 e. The zero-order valence-corrected chi connectivity index (χ0v) is 18.4. The van der Waals surface area contributed by atoms with Crippen LogP contribution in [0.25, 0.3) is 0 Å². The van der Waals surface area contributed by atoms with Crippen molar-refractivity contribution in [1.29, 1.82) is 0 Å². The van der Waals surface area contributed by atoms with Gasteiger partial charge >= 0.3 is 0 Å². The maximum atomic E-state index is 9.93. The van der Waals surface area contributed by atoms with E-state index in [9.17, 15) is 5.11 Å². The predicted molar refractivity (Wildman–Crippen MR) is 101 cm³/mol. The Bertz CT molecular complexity index is 593. The van der Waals surface area contributed by atoms with E-state index in [4.69, 9.17) is 0 Å². The molecule has 0 aliphatic heterocycles. The molecule has 0 fully saturated rings. The summed E-state index contributed by atoms with van der Waals surface area (Å²) in [5.41, 5.74) is 6.49. The molecular weight excluding hydrogens is 328 g/mol. The van der Waals surface area contributed by atoms with Crippen LogP contribution in [0.1, 0.15) is 85.3 Å². The SMILES string of the molecule is CC(C)c1cccc(C(C)C)c1O.CC1=[C-]C(C)(C)C(C)=C1C.[Ti]. The van der Waals surface area contributed by atoms with E-state index in [2.05, 4.69) is 68.4 Å². The summed E-state index contributed by atoms with van der Waals surface area (Å²) in [7, 11) is 0. The fourth-order valence-electron chi connectivity index (χ4n) is 2.92. The van der Waals surface area contributed by atoms with Crippen LogP contribution in [0.4, 0.5) is 0 Å². The average molecular weight is 361 g/mol. The van der Waals surface area contributed by atoms with E-state index >= 15 is 0 Å². The van der Waals surface area contributed by atoms with E-state index in [0.29, 0.717) is 17.6 Å². The molecule has 0 unspecified atom stereocenters. The van der Waals surface area contributed by atoms with E-state index in [1.54, 1.807) is 0 Å². The van der Waals surface area contributed by atoms with Crippen molar-refractivity contribution in [3.8, 4) is 5.75 Å². The summed E-state index contributed by atoms with van der Waals surface area (Å²) < 4.78 is 0. The van der Waals surface area contributed by atoms with Crippen LogP contribution in [0.3, 0.4) is 0 Å². The Kier molecular flexibility index (Phi) is 8.77. The second kappa shape index (κ2) is 9.06. The number of rotatable bonds is 2. The predicted octanol–water partition coefficient (Wildman–Crippen LogP) is 6.75. The Morgan fingerprint density at radius 1 is 0.917 bits per heavy atom. The first-order valence-electron chi connectivity index (χ1n) is 8.60. The minimum absolute atomic E-state index is 0.